The maximum atomic E-state index is 12.4. The van der Waals surface area contributed by atoms with Crippen LogP contribution in [-0.2, 0) is 20.7 Å². The van der Waals surface area contributed by atoms with Gasteiger partial charge in [-0.05, 0) is 34.0 Å². The van der Waals surface area contributed by atoms with Crippen LogP contribution in [0.3, 0.4) is 0 Å². The zero-order valence-electron chi connectivity index (χ0n) is 17.8. The van der Waals surface area contributed by atoms with E-state index in [1.165, 1.54) is 22.2 Å². The largest absolute Gasteiger partial charge is 0.479 e. The molecule has 1 saturated heterocycles. The summed E-state index contributed by atoms with van der Waals surface area (Å²) in [6.07, 6.45) is -3.83. The molecule has 3 aromatic rings. The molecule has 36 heavy (non-hydrogen) atoms. The summed E-state index contributed by atoms with van der Waals surface area (Å²) in [6.45, 7) is -0.411. The first kappa shape index (κ1) is 26.0. The number of amidine groups is 1. The molecule has 16 heteroatoms. The number of nitrogens with zero attached hydrogens (tertiary/aromatic N) is 7. The summed E-state index contributed by atoms with van der Waals surface area (Å²) < 4.78 is 13.1. The second-order valence-electron chi connectivity index (χ2n) is 7.86. The van der Waals surface area contributed by atoms with Crippen molar-refractivity contribution < 1.29 is 29.6 Å². The van der Waals surface area contributed by atoms with Gasteiger partial charge in [0.2, 0.25) is 10.9 Å². The van der Waals surface area contributed by atoms with Gasteiger partial charge in [0.15, 0.2) is 30.2 Å². The predicted molar refractivity (Wildman–Crippen MR) is 129 cm³/mol. The second-order valence-corrected chi connectivity index (χ2v) is 8.98. The Labute approximate surface area is 213 Å². The summed E-state index contributed by atoms with van der Waals surface area (Å²) in [5.74, 6) is -1.38. The molecular weight excluding hydrogens is 516 g/mol. The molecular formula is C20H23ClN8O6S. The smallest absolute Gasteiger partial charge is 0.344 e. The Hall–Kier alpha value is -3.08. The van der Waals surface area contributed by atoms with E-state index in [4.69, 9.17) is 26.8 Å². The molecule has 5 N–H and O–H groups in total. The van der Waals surface area contributed by atoms with E-state index >= 15 is 0 Å². The van der Waals surface area contributed by atoms with Crippen molar-refractivity contribution in [3.63, 3.8) is 0 Å². The van der Waals surface area contributed by atoms with Gasteiger partial charge < -0.3 is 30.5 Å². The van der Waals surface area contributed by atoms with Crippen molar-refractivity contribution in [2.75, 3.05) is 19.0 Å². The molecule has 14 nitrogen and oxygen atoms in total. The molecule has 0 spiro atoms. The van der Waals surface area contributed by atoms with Crippen molar-refractivity contribution in [1.29, 1.82) is 0 Å². The molecule has 2 aliphatic heterocycles. The third-order valence-corrected chi connectivity index (χ3v) is 6.62. The minimum atomic E-state index is -1.97. The Kier molecular flexibility index (Phi) is 7.31. The van der Waals surface area contributed by atoms with Crippen molar-refractivity contribution in [2.45, 2.75) is 44.0 Å². The number of carboxylic acids is 1. The highest BCUT2D eigenvalue weighted by Gasteiger charge is 2.50. The number of carboxylic acid groups (broad SMARTS) is 1. The quantitative estimate of drug-likeness (QED) is 0.302. The van der Waals surface area contributed by atoms with Crippen LogP contribution in [0.15, 0.2) is 38.4 Å². The molecule has 0 aliphatic carbocycles. The minimum Gasteiger partial charge on any atom is -0.479 e. The average Bonchev–Trinajstić information content (AvgIpc) is 3.61. The summed E-state index contributed by atoms with van der Waals surface area (Å²) in [5, 5.41) is 42.6. The fourth-order valence-corrected chi connectivity index (χ4v) is 4.80. The number of carbonyl (C=O) groups is 1. The molecule has 5 heterocycles. The fraction of sp³-hybridized carbons (Fsp3) is 0.450. The van der Waals surface area contributed by atoms with Crippen molar-refractivity contribution in [2.24, 2.45) is 15.2 Å². The van der Waals surface area contributed by atoms with Crippen molar-refractivity contribution >= 4 is 51.7 Å². The number of aliphatic hydroxyl groups is 2. The molecule has 1 unspecified atom stereocenters. The Morgan fingerprint density at radius 1 is 1.36 bits per heavy atom. The summed E-state index contributed by atoms with van der Waals surface area (Å²) in [6, 6.07) is 1.77. The number of hydrogen-bond acceptors (Lipinski definition) is 13. The first-order valence-electron chi connectivity index (χ1n) is 10.3. The normalized spacial score (nSPS) is 25.0. The SMILES string of the molecule is C.Nc1nc(Cl)nc2c1ncn2[C@@H]1O[C@H](COC(Cc2ccsc2)(C(=O)O)C2=NCN=N2)[C@@H](O)[C@H]1O. The lowest BCUT2D eigenvalue weighted by Gasteiger charge is -2.29. The number of aliphatic imine (C=N–C) groups is 1. The predicted octanol–water partition coefficient (Wildman–Crippen LogP) is 1.28. The van der Waals surface area contributed by atoms with E-state index in [1.54, 1.807) is 11.4 Å². The lowest BCUT2D eigenvalue weighted by atomic mass is 9.94. The molecule has 0 saturated carbocycles. The number of rotatable bonds is 8. The Balaban J connectivity index is 0.00000304. The van der Waals surface area contributed by atoms with Crippen LogP contribution in [0, 0.1) is 0 Å². The summed E-state index contributed by atoms with van der Waals surface area (Å²) in [7, 11) is 0. The zero-order chi connectivity index (χ0) is 24.7. The van der Waals surface area contributed by atoms with Gasteiger partial charge in [-0.15, -0.1) is 5.11 Å². The highest BCUT2D eigenvalue weighted by atomic mass is 35.5. The molecule has 0 bridgehead atoms. The van der Waals surface area contributed by atoms with Crippen molar-refractivity contribution in [3.05, 3.63) is 34.0 Å². The number of ether oxygens (including phenoxy) is 2. The number of aromatic nitrogens is 4. The van der Waals surface area contributed by atoms with Gasteiger partial charge in [-0.1, -0.05) is 7.43 Å². The number of thiophene rings is 1. The van der Waals surface area contributed by atoms with Crippen LogP contribution in [-0.4, -0.2) is 83.8 Å². The van der Waals surface area contributed by atoms with Crippen LogP contribution in [0.5, 0.6) is 0 Å². The highest BCUT2D eigenvalue weighted by molar-refractivity contribution is 7.07. The summed E-state index contributed by atoms with van der Waals surface area (Å²) >= 11 is 7.31. The number of anilines is 1. The standard InChI is InChI=1S/C19H19ClN8O6S.CH4/c20-18-25-13(21)10-14(26-18)28(7-23-10)15-12(30)11(29)9(34-15)4-33-19(17(31)32,16-22-6-24-27-16)3-8-1-2-35-5-8;/h1-2,5,7,9,11-12,15,29-30H,3-4,6H2,(H,31,32)(H2,21,25,26);1H4/t9-,11-,12-,15-,19?;/m1./s1. The van der Waals surface area contributed by atoms with Crippen LogP contribution in [0.2, 0.25) is 5.28 Å². The van der Waals surface area contributed by atoms with E-state index in [-0.39, 0.29) is 48.6 Å². The van der Waals surface area contributed by atoms with Crippen molar-refractivity contribution in [3.8, 4) is 0 Å². The van der Waals surface area contributed by atoms with Gasteiger partial charge in [-0.3, -0.25) is 4.57 Å². The van der Waals surface area contributed by atoms with Crippen LogP contribution >= 0.6 is 22.9 Å². The molecule has 5 atom stereocenters. The maximum Gasteiger partial charge on any atom is 0.344 e. The number of hydrogen-bond donors (Lipinski definition) is 4. The molecule has 192 valence electrons. The topological polar surface area (TPSA) is 203 Å². The number of nitrogens with two attached hydrogens (primary N) is 1. The van der Waals surface area contributed by atoms with Crippen LogP contribution in [0.4, 0.5) is 5.82 Å². The zero-order valence-corrected chi connectivity index (χ0v) is 19.4. The Morgan fingerprint density at radius 2 is 2.17 bits per heavy atom. The van der Waals surface area contributed by atoms with Gasteiger partial charge in [0, 0.05) is 6.42 Å². The van der Waals surface area contributed by atoms with E-state index in [2.05, 4.69) is 30.2 Å². The number of halogens is 1. The number of azo groups is 1. The number of fused-ring (bicyclic) bond motifs is 1. The number of nitrogen functional groups attached to an aromatic ring is 1. The van der Waals surface area contributed by atoms with Gasteiger partial charge in [0.25, 0.3) is 0 Å². The minimum absolute atomic E-state index is 0. The first-order valence-corrected chi connectivity index (χ1v) is 11.6. The third kappa shape index (κ3) is 4.44. The molecule has 0 radical (unpaired) electrons. The van der Waals surface area contributed by atoms with Crippen molar-refractivity contribution in [1.82, 2.24) is 19.5 Å². The van der Waals surface area contributed by atoms with Gasteiger partial charge in [-0.25, -0.2) is 14.8 Å². The van der Waals surface area contributed by atoms with Gasteiger partial charge in [-0.2, -0.15) is 26.4 Å². The molecule has 1 fully saturated rings. The molecule has 0 aromatic carbocycles. The maximum absolute atomic E-state index is 12.4. The van der Waals surface area contributed by atoms with E-state index in [0.29, 0.717) is 5.56 Å². The van der Waals surface area contributed by atoms with E-state index < -0.39 is 42.7 Å². The molecule has 5 rings (SSSR count). The summed E-state index contributed by atoms with van der Waals surface area (Å²) in [4.78, 5) is 28.6. The Morgan fingerprint density at radius 3 is 2.83 bits per heavy atom. The van der Waals surface area contributed by atoms with Gasteiger partial charge >= 0.3 is 5.97 Å². The van der Waals surface area contributed by atoms with Gasteiger partial charge in [0.05, 0.1) is 12.9 Å². The second kappa shape index (κ2) is 10.1. The monoisotopic (exact) mass is 538 g/mol. The highest BCUT2D eigenvalue weighted by Crippen LogP contribution is 2.34. The molecule has 0 amide bonds. The lowest BCUT2D eigenvalue weighted by Crippen LogP contribution is -2.52. The third-order valence-electron chi connectivity index (χ3n) is 5.72. The molecule has 2 aliphatic rings. The van der Waals surface area contributed by atoms with Gasteiger partial charge in [0.1, 0.15) is 23.8 Å². The van der Waals surface area contributed by atoms with E-state index in [1.807, 2.05) is 5.38 Å². The van der Waals surface area contributed by atoms with Crippen LogP contribution in [0.25, 0.3) is 11.2 Å². The van der Waals surface area contributed by atoms with E-state index in [9.17, 15) is 20.1 Å². The summed E-state index contributed by atoms with van der Waals surface area (Å²) in [5.41, 5.74) is 5.00. The van der Waals surface area contributed by atoms with E-state index in [0.717, 1.165) is 0 Å². The van der Waals surface area contributed by atoms with Crippen LogP contribution in [0.1, 0.15) is 19.2 Å². The number of imidazole rings is 1. The number of aliphatic carboxylic acids is 1. The first-order chi connectivity index (χ1) is 16.8. The number of aliphatic hydroxyl groups excluding tert-OH is 2. The van der Waals surface area contributed by atoms with Crippen LogP contribution < -0.4 is 5.73 Å². The Bertz CT molecular complexity index is 1320. The molecule has 3 aromatic heterocycles. The fourth-order valence-electron chi connectivity index (χ4n) is 3.96. The lowest BCUT2D eigenvalue weighted by molar-refractivity contribution is -0.162. The average molecular weight is 539 g/mol.